The predicted molar refractivity (Wildman–Crippen MR) is 68.6 cm³/mol. The number of hydrogen-bond donors (Lipinski definition) is 1. The highest BCUT2D eigenvalue weighted by molar-refractivity contribution is 5.24. The summed E-state index contributed by atoms with van der Waals surface area (Å²) in [5.41, 5.74) is 9.98. The van der Waals surface area contributed by atoms with Crippen molar-refractivity contribution in [2.24, 2.45) is 5.73 Å². The van der Waals surface area contributed by atoms with Crippen molar-refractivity contribution in [3.63, 3.8) is 0 Å². The maximum Gasteiger partial charge on any atom is 0.133 e. The molecule has 1 aromatic carbocycles. The SMILES string of the molecule is Cc1ccc(Cc2nc(C)cc(CN)n2)cc1. The highest BCUT2D eigenvalue weighted by Gasteiger charge is 2.02. The van der Waals surface area contributed by atoms with Crippen LogP contribution in [0, 0.1) is 13.8 Å². The van der Waals surface area contributed by atoms with Crippen LogP contribution in [0.3, 0.4) is 0 Å². The Hall–Kier alpha value is -1.74. The van der Waals surface area contributed by atoms with E-state index in [1.165, 1.54) is 11.1 Å². The Kier molecular flexibility index (Phi) is 3.49. The van der Waals surface area contributed by atoms with Gasteiger partial charge in [-0.1, -0.05) is 29.8 Å². The van der Waals surface area contributed by atoms with Crippen LogP contribution in [-0.4, -0.2) is 9.97 Å². The molecule has 2 aromatic rings. The Morgan fingerprint density at radius 2 is 1.76 bits per heavy atom. The average molecular weight is 227 g/mol. The number of hydrogen-bond acceptors (Lipinski definition) is 3. The number of rotatable bonds is 3. The minimum atomic E-state index is 0.463. The van der Waals surface area contributed by atoms with Crippen LogP contribution in [0.25, 0.3) is 0 Å². The molecule has 0 aliphatic rings. The normalized spacial score (nSPS) is 10.5. The van der Waals surface area contributed by atoms with Crippen molar-refractivity contribution in [1.29, 1.82) is 0 Å². The first kappa shape index (κ1) is 11.7. The molecule has 88 valence electrons. The van der Waals surface area contributed by atoms with Gasteiger partial charge >= 0.3 is 0 Å². The first-order valence-corrected chi connectivity index (χ1v) is 5.76. The Labute approximate surface area is 102 Å². The molecular formula is C14H17N3. The van der Waals surface area contributed by atoms with Gasteiger partial charge in [-0.3, -0.25) is 0 Å². The topological polar surface area (TPSA) is 51.8 Å². The number of aryl methyl sites for hydroxylation is 2. The fraction of sp³-hybridized carbons (Fsp3) is 0.286. The minimum absolute atomic E-state index is 0.463. The minimum Gasteiger partial charge on any atom is -0.325 e. The zero-order valence-corrected chi connectivity index (χ0v) is 10.3. The number of nitrogens with two attached hydrogens (primary N) is 1. The molecule has 3 nitrogen and oxygen atoms in total. The summed E-state index contributed by atoms with van der Waals surface area (Å²) < 4.78 is 0. The molecule has 0 saturated carbocycles. The lowest BCUT2D eigenvalue weighted by atomic mass is 10.1. The van der Waals surface area contributed by atoms with Crippen LogP contribution in [0.5, 0.6) is 0 Å². The van der Waals surface area contributed by atoms with E-state index in [4.69, 9.17) is 5.73 Å². The van der Waals surface area contributed by atoms with Gasteiger partial charge in [0.25, 0.3) is 0 Å². The molecule has 0 spiro atoms. The first-order valence-electron chi connectivity index (χ1n) is 5.76. The third kappa shape index (κ3) is 3.11. The third-order valence-corrected chi connectivity index (χ3v) is 2.65. The number of nitrogens with zero attached hydrogens (tertiary/aromatic N) is 2. The molecule has 0 atom stereocenters. The van der Waals surface area contributed by atoms with Gasteiger partial charge < -0.3 is 5.73 Å². The fourth-order valence-electron chi connectivity index (χ4n) is 1.77. The van der Waals surface area contributed by atoms with Crippen LogP contribution in [0.15, 0.2) is 30.3 Å². The molecule has 0 aliphatic heterocycles. The lowest BCUT2D eigenvalue weighted by molar-refractivity contribution is 0.873. The van der Waals surface area contributed by atoms with Crippen LogP contribution < -0.4 is 5.73 Å². The molecule has 0 fully saturated rings. The predicted octanol–water partition coefficient (Wildman–Crippen LogP) is 2.14. The van der Waals surface area contributed by atoms with Crippen molar-refractivity contribution in [3.8, 4) is 0 Å². The quantitative estimate of drug-likeness (QED) is 0.874. The Morgan fingerprint density at radius 1 is 1.06 bits per heavy atom. The average Bonchev–Trinajstić information content (AvgIpc) is 2.31. The van der Waals surface area contributed by atoms with Crippen molar-refractivity contribution in [1.82, 2.24) is 9.97 Å². The summed E-state index contributed by atoms with van der Waals surface area (Å²) in [5, 5.41) is 0. The van der Waals surface area contributed by atoms with Gasteiger partial charge in [0.2, 0.25) is 0 Å². The molecule has 0 unspecified atom stereocenters. The van der Waals surface area contributed by atoms with Crippen molar-refractivity contribution in [2.75, 3.05) is 0 Å². The monoisotopic (exact) mass is 227 g/mol. The van der Waals surface area contributed by atoms with E-state index in [0.717, 1.165) is 23.6 Å². The van der Waals surface area contributed by atoms with Gasteiger partial charge in [-0.15, -0.1) is 0 Å². The summed E-state index contributed by atoms with van der Waals surface area (Å²) in [6.07, 6.45) is 0.759. The van der Waals surface area contributed by atoms with Crippen molar-refractivity contribution < 1.29 is 0 Å². The zero-order valence-electron chi connectivity index (χ0n) is 10.3. The molecule has 2 rings (SSSR count). The smallest absolute Gasteiger partial charge is 0.133 e. The molecular weight excluding hydrogens is 210 g/mol. The van der Waals surface area contributed by atoms with Crippen molar-refractivity contribution in [2.45, 2.75) is 26.8 Å². The summed E-state index contributed by atoms with van der Waals surface area (Å²) >= 11 is 0. The maximum atomic E-state index is 5.61. The molecule has 0 aliphatic carbocycles. The molecule has 2 N–H and O–H groups in total. The molecule has 0 amide bonds. The van der Waals surface area contributed by atoms with E-state index >= 15 is 0 Å². The zero-order chi connectivity index (χ0) is 12.3. The standard InChI is InChI=1S/C14H17N3/c1-10-3-5-12(6-4-10)8-14-16-11(2)7-13(9-15)17-14/h3-7H,8-9,15H2,1-2H3. The summed E-state index contributed by atoms with van der Waals surface area (Å²) in [4.78, 5) is 8.87. The van der Waals surface area contributed by atoms with Gasteiger partial charge in [-0.2, -0.15) is 0 Å². The summed E-state index contributed by atoms with van der Waals surface area (Å²) in [6, 6.07) is 10.4. The first-order chi connectivity index (χ1) is 8.17. The fourth-order valence-corrected chi connectivity index (χ4v) is 1.77. The Balaban J connectivity index is 2.23. The van der Waals surface area contributed by atoms with E-state index in [-0.39, 0.29) is 0 Å². The van der Waals surface area contributed by atoms with Crippen LogP contribution in [-0.2, 0) is 13.0 Å². The van der Waals surface area contributed by atoms with Crippen LogP contribution in [0.1, 0.15) is 28.3 Å². The molecule has 17 heavy (non-hydrogen) atoms. The maximum absolute atomic E-state index is 5.61. The second kappa shape index (κ2) is 5.06. The Bertz CT molecular complexity index is 503. The molecule has 3 heteroatoms. The van der Waals surface area contributed by atoms with E-state index in [1.807, 2.05) is 13.0 Å². The number of aromatic nitrogens is 2. The summed E-state index contributed by atoms with van der Waals surface area (Å²) in [6.45, 7) is 4.52. The van der Waals surface area contributed by atoms with Crippen LogP contribution >= 0.6 is 0 Å². The lowest BCUT2D eigenvalue weighted by Crippen LogP contribution is -2.06. The third-order valence-electron chi connectivity index (χ3n) is 2.65. The largest absolute Gasteiger partial charge is 0.325 e. The van der Waals surface area contributed by atoms with Gasteiger partial charge in [0.05, 0.1) is 5.69 Å². The van der Waals surface area contributed by atoms with Crippen LogP contribution in [0.2, 0.25) is 0 Å². The van der Waals surface area contributed by atoms with E-state index in [0.29, 0.717) is 6.54 Å². The van der Waals surface area contributed by atoms with E-state index in [9.17, 15) is 0 Å². The van der Waals surface area contributed by atoms with E-state index < -0.39 is 0 Å². The Morgan fingerprint density at radius 3 is 2.41 bits per heavy atom. The van der Waals surface area contributed by atoms with Crippen LogP contribution in [0.4, 0.5) is 0 Å². The van der Waals surface area contributed by atoms with Gasteiger partial charge in [0.15, 0.2) is 0 Å². The van der Waals surface area contributed by atoms with Gasteiger partial charge in [-0.25, -0.2) is 9.97 Å². The van der Waals surface area contributed by atoms with E-state index in [1.54, 1.807) is 0 Å². The second-order valence-corrected chi connectivity index (χ2v) is 4.28. The molecule has 0 radical (unpaired) electrons. The highest BCUT2D eigenvalue weighted by atomic mass is 14.9. The summed E-state index contributed by atoms with van der Waals surface area (Å²) in [7, 11) is 0. The highest BCUT2D eigenvalue weighted by Crippen LogP contribution is 2.09. The van der Waals surface area contributed by atoms with Gasteiger partial charge in [-0.05, 0) is 25.5 Å². The molecule has 1 aromatic heterocycles. The molecule has 0 bridgehead atoms. The molecule has 0 saturated heterocycles. The lowest BCUT2D eigenvalue weighted by Gasteiger charge is -2.05. The molecule has 1 heterocycles. The van der Waals surface area contributed by atoms with E-state index in [2.05, 4.69) is 41.2 Å². The van der Waals surface area contributed by atoms with Gasteiger partial charge in [0, 0.05) is 18.7 Å². The number of benzene rings is 1. The summed E-state index contributed by atoms with van der Waals surface area (Å²) in [5.74, 6) is 0.842. The van der Waals surface area contributed by atoms with Gasteiger partial charge in [0.1, 0.15) is 5.82 Å². The van der Waals surface area contributed by atoms with Crippen molar-refractivity contribution >= 4 is 0 Å². The second-order valence-electron chi connectivity index (χ2n) is 4.28. The van der Waals surface area contributed by atoms with Crippen molar-refractivity contribution in [3.05, 3.63) is 58.7 Å².